The third-order valence-electron chi connectivity index (χ3n) is 4.24. The third kappa shape index (κ3) is 3.31. The molecule has 1 amide bonds. The van der Waals surface area contributed by atoms with Gasteiger partial charge in [0.25, 0.3) is 5.91 Å². The molecule has 0 fully saturated rings. The zero-order valence-electron chi connectivity index (χ0n) is 13.5. The molecule has 124 valence electrons. The van der Waals surface area contributed by atoms with E-state index in [1.54, 1.807) is 49.4 Å². The smallest absolute Gasteiger partial charge is 0.252 e. The largest absolute Gasteiger partial charge is 0.486 e. The fraction of sp³-hybridized carbons (Fsp3) is 0.211. The van der Waals surface area contributed by atoms with Crippen LogP contribution in [0, 0.1) is 22.7 Å². The molecule has 0 saturated carbocycles. The van der Waals surface area contributed by atoms with Crippen molar-refractivity contribution in [3.8, 4) is 17.9 Å². The maximum absolute atomic E-state index is 12.5. The number of nitrogens with one attached hydrogen (secondary N) is 1. The van der Waals surface area contributed by atoms with E-state index in [2.05, 4.69) is 30.1 Å². The van der Waals surface area contributed by atoms with Crippen molar-refractivity contribution >= 4 is 18.5 Å². The van der Waals surface area contributed by atoms with Crippen LogP contribution in [0.5, 0.6) is 5.75 Å². The molecule has 2 unspecified atom stereocenters. The minimum absolute atomic E-state index is 0.352. The van der Waals surface area contributed by atoms with Crippen LogP contribution in [0.15, 0.2) is 47.4 Å². The van der Waals surface area contributed by atoms with Crippen LogP contribution in [0.25, 0.3) is 0 Å². The summed E-state index contributed by atoms with van der Waals surface area (Å²) in [5.74, 6) is 0.286. The second-order valence-electron chi connectivity index (χ2n) is 6.06. The molecule has 0 spiro atoms. The van der Waals surface area contributed by atoms with Gasteiger partial charge in [-0.3, -0.25) is 4.79 Å². The molecule has 2 aromatic rings. The molecule has 2 atom stereocenters. The minimum atomic E-state index is -1.21. The van der Waals surface area contributed by atoms with Crippen molar-refractivity contribution in [3.05, 3.63) is 59.2 Å². The first-order chi connectivity index (χ1) is 11.9. The molecular formula is C19H15N3O2S. The van der Waals surface area contributed by atoms with E-state index in [1.165, 1.54) is 0 Å². The molecule has 0 bridgehead atoms. The van der Waals surface area contributed by atoms with Gasteiger partial charge in [-0.15, -0.1) is 12.6 Å². The minimum Gasteiger partial charge on any atom is -0.486 e. The van der Waals surface area contributed by atoms with Crippen LogP contribution in [-0.2, 0) is 6.42 Å². The molecular weight excluding hydrogens is 334 g/mol. The molecule has 0 radical (unpaired) electrons. The van der Waals surface area contributed by atoms with Crippen molar-refractivity contribution in [3.63, 3.8) is 0 Å². The molecule has 2 aromatic carbocycles. The zero-order valence-corrected chi connectivity index (χ0v) is 14.4. The van der Waals surface area contributed by atoms with Crippen LogP contribution in [0.3, 0.4) is 0 Å². The molecule has 1 aliphatic rings. The first-order valence-electron chi connectivity index (χ1n) is 7.67. The summed E-state index contributed by atoms with van der Waals surface area (Å²) in [5.41, 5.74) is 0.640. The van der Waals surface area contributed by atoms with Gasteiger partial charge in [0.1, 0.15) is 11.9 Å². The summed E-state index contributed by atoms with van der Waals surface area (Å²) >= 11 is 4.19. The summed E-state index contributed by atoms with van der Waals surface area (Å²) in [5, 5.41) is 21.4. The van der Waals surface area contributed by atoms with Crippen molar-refractivity contribution in [1.29, 1.82) is 10.5 Å². The van der Waals surface area contributed by atoms with Gasteiger partial charge in [-0.05, 0) is 55.0 Å². The molecule has 1 N–H and O–H groups in total. The number of ether oxygens (including phenoxy) is 1. The number of thiol groups is 1. The number of benzene rings is 2. The van der Waals surface area contributed by atoms with E-state index in [0.29, 0.717) is 23.3 Å². The molecule has 0 saturated heterocycles. The van der Waals surface area contributed by atoms with Crippen molar-refractivity contribution < 1.29 is 9.53 Å². The highest BCUT2D eigenvalue weighted by Crippen LogP contribution is 2.33. The highest BCUT2D eigenvalue weighted by Gasteiger charge is 2.42. The highest BCUT2D eigenvalue weighted by molar-refractivity contribution is 7.80. The van der Waals surface area contributed by atoms with Gasteiger partial charge in [0, 0.05) is 16.9 Å². The first kappa shape index (κ1) is 16.9. The Morgan fingerprint density at radius 1 is 1.28 bits per heavy atom. The van der Waals surface area contributed by atoms with Crippen LogP contribution in [-0.4, -0.2) is 17.6 Å². The molecule has 1 heterocycles. The zero-order chi connectivity index (χ0) is 18.0. The van der Waals surface area contributed by atoms with E-state index < -0.39 is 11.6 Å². The number of carbonyl (C=O) groups is 1. The van der Waals surface area contributed by atoms with E-state index in [9.17, 15) is 10.1 Å². The Labute approximate surface area is 151 Å². The fourth-order valence-electron chi connectivity index (χ4n) is 2.74. The van der Waals surface area contributed by atoms with Crippen molar-refractivity contribution in [2.75, 3.05) is 0 Å². The van der Waals surface area contributed by atoms with Crippen molar-refractivity contribution in [1.82, 2.24) is 5.32 Å². The number of hydrogen-bond acceptors (Lipinski definition) is 5. The Bertz CT molecular complexity index is 912. The number of hydrogen-bond donors (Lipinski definition) is 2. The van der Waals surface area contributed by atoms with Crippen LogP contribution < -0.4 is 10.1 Å². The average Bonchev–Trinajstić information content (AvgIpc) is 3.05. The predicted molar refractivity (Wildman–Crippen MR) is 94.5 cm³/mol. The van der Waals surface area contributed by atoms with Gasteiger partial charge in [-0.25, -0.2) is 0 Å². The first-order valence-corrected chi connectivity index (χ1v) is 8.12. The SMILES string of the molecule is CC(C#N)(NC(=O)c1ccc(S)cc1)C1Cc2cc(C#N)ccc2O1. The molecule has 3 rings (SSSR count). The standard InChI is InChI=1S/C19H15N3O2S/c1-19(11-21,22-18(23)13-3-5-15(25)6-4-13)17-9-14-8-12(10-20)2-7-16(14)24-17/h2-8,17,25H,9H2,1H3,(H,22,23). The van der Waals surface area contributed by atoms with Gasteiger partial charge in [0.15, 0.2) is 5.54 Å². The summed E-state index contributed by atoms with van der Waals surface area (Å²) in [6.45, 7) is 1.64. The summed E-state index contributed by atoms with van der Waals surface area (Å²) in [6, 6.07) is 16.1. The molecule has 6 heteroatoms. The number of nitriles is 2. The van der Waals surface area contributed by atoms with E-state index in [-0.39, 0.29) is 5.91 Å². The fourth-order valence-corrected chi connectivity index (χ4v) is 2.89. The summed E-state index contributed by atoms with van der Waals surface area (Å²) < 4.78 is 5.86. The molecule has 0 aromatic heterocycles. The normalized spacial score (nSPS) is 17.4. The lowest BCUT2D eigenvalue weighted by Crippen LogP contribution is -2.55. The lowest BCUT2D eigenvalue weighted by Gasteiger charge is -2.29. The van der Waals surface area contributed by atoms with Gasteiger partial charge >= 0.3 is 0 Å². The Morgan fingerprint density at radius 3 is 2.64 bits per heavy atom. The molecule has 0 aliphatic carbocycles. The number of rotatable bonds is 3. The maximum atomic E-state index is 12.5. The van der Waals surface area contributed by atoms with Gasteiger partial charge in [-0.1, -0.05) is 0 Å². The summed E-state index contributed by atoms with van der Waals surface area (Å²) in [7, 11) is 0. The maximum Gasteiger partial charge on any atom is 0.252 e. The third-order valence-corrected chi connectivity index (χ3v) is 4.54. The van der Waals surface area contributed by atoms with E-state index in [4.69, 9.17) is 10.00 Å². The number of amides is 1. The molecule has 5 nitrogen and oxygen atoms in total. The summed E-state index contributed by atoms with van der Waals surface area (Å²) in [6.07, 6.45) is -0.0837. The van der Waals surface area contributed by atoms with Crippen molar-refractivity contribution in [2.24, 2.45) is 0 Å². The van der Waals surface area contributed by atoms with Gasteiger partial charge in [0.05, 0.1) is 17.7 Å². The Balaban J connectivity index is 1.80. The molecule has 1 aliphatic heterocycles. The van der Waals surface area contributed by atoms with Gasteiger partial charge < -0.3 is 10.1 Å². The van der Waals surface area contributed by atoms with E-state index >= 15 is 0 Å². The number of fused-ring (bicyclic) bond motifs is 1. The van der Waals surface area contributed by atoms with Crippen LogP contribution >= 0.6 is 12.6 Å². The van der Waals surface area contributed by atoms with Crippen LogP contribution in [0.4, 0.5) is 0 Å². The Hall–Kier alpha value is -2.96. The second kappa shape index (κ2) is 6.51. The quantitative estimate of drug-likeness (QED) is 0.834. The second-order valence-corrected chi connectivity index (χ2v) is 6.58. The topological polar surface area (TPSA) is 85.9 Å². The monoisotopic (exact) mass is 349 g/mol. The summed E-state index contributed by atoms with van der Waals surface area (Å²) in [4.78, 5) is 13.2. The lowest BCUT2D eigenvalue weighted by atomic mass is 9.92. The van der Waals surface area contributed by atoms with Gasteiger partial charge in [-0.2, -0.15) is 10.5 Å². The lowest BCUT2D eigenvalue weighted by molar-refractivity contribution is 0.0841. The van der Waals surface area contributed by atoms with E-state index in [0.717, 1.165) is 10.5 Å². The average molecular weight is 349 g/mol. The predicted octanol–water partition coefficient (Wildman–Crippen LogP) is 2.86. The van der Waals surface area contributed by atoms with Crippen LogP contribution in [0.1, 0.15) is 28.4 Å². The van der Waals surface area contributed by atoms with Crippen molar-refractivity contribution in [2.45, 2.75) is 29.9 Å². The number of carbonyl (C=O) groups excluding carboxylic acids is 1. The van der Waals surface area contributed by atoms with Crippen LogP contribution in [0.2, 0.25) is 0 Å². The number of nitrogens with zero attached hydrogens (tertiary/aromatic N) is 2. The van der Waals surface area contributed by atoms with E-state index in [1.807, 2.05) is 0 Å². The van der Waals surface area contributed by atoms with Gasteiger partial charge in [0.2, 0.25) is 0 Å². The molecule has 25 heavy (non-hydrogen) atoms. The highest BCUT2D eigenvalue weighted by atomic mass is 32.1. The Kier molecular flexibility index (Phi) is 4.39. The Morgan fingerprint density at radius 2 is 2.00 bits per heavy atom.